The highest BCUT2D eigenvalue weighted by Crippen LogP contribution is 2.43. The van der Waals surface area contributed by atoms with Crippen LogP contribution >= 0.6 is 0 Å². The smallest absolute Gasteiger partial charge is 0.122 e. The Bertz CT molecular complexity index is 535. The quantitative estimate of drug-likeness (QED) is 0.753. The highest BCUT2D eigenvalue weighted by molar-refractivity contribution is 5.36. The van der Waals surface area contributed by atoms with Gasteiger partial charge in [0, 0.05) is 6.04 Å². The van der Waals surface area contributed by atoms with Gasteiger partial charge in [0.2, 0.25) is 0 Å². The molecule has 3 aliphatic rings. The van der Waals surface area contributed by atoms with Gasteiger partial charge in [0.05, 0.1) is 7.11 Å². The van der Waals surface area contributed by atoms with Crippen molar-refractivity contribution in [2.45, 2.75) is 69.7 Å². The molecule has 4 rings (SSSR count). The first-order valence-corrected chi connectivity index (χ1v) is 10.2. The number of rotatable bonds is 3. The van der Waals surface area contributed by atoms with E-state index in [1.807, 2.05) is 0 Å². The van der Waals surface area contributed by atoms with Crippen LogP contribution in [0.15, 0.2) is 24.3 Å². The number of methoxy groups -OCH3 is 1. The lowest BCUT2D eigenvalue weighted by Gasteiger charge is -2.45. The summed E-state index contributed by atoms with van der Waals surface area (Å²) in [5.41, 5.74) is 1.43. The van der Waals surface area contributed by atoms with Crippen LogP contribution in [0, 0.1) is 11.8 Å². The molecule has 1 heterocycles. The largest absolute Gasteiger partial charge is 0.496 e. The summed E-state index contributed by atoms with van der Waals surface area (Å²) in [7, 11) is 1.80. The van der Waals surface area contributed by atoms with Crippen molar-refractivity contribution in [2.75, 3.05) is 20.2 Å². The molecule has 0 spiro atoms. The molecule has 0 N–H and O–H groups in total. The summed E-state index contributed by atoms with van der Waals surface area (Å²) in [5, 5.41) is 0. The van der Waals surface area contributed by atoms with Gasteiger partial charge in [-0.15, -0.1) is 0 Å². The second-order valence-electron chi connectivity index (χ2n) is 8.32. The monoisotopic (exact) mass is 327 g/mol. The van der Waals surface area contributed by atoms with E-state index in [0.29, 0.717) is 5.92 Å². The third-order valence-corrected chi connectivity index (χ3v) is 7.14. The molecule has 24 heavy (non-hydrogen) atoms. The van der Waals surface area contributed by atoms with Gasteiger partial charge in [-0.25, -0.2) is 0 Å². The summed E-state index contributed by atoms with van der Waals surface area (Å²) in [6.07, 6.45) is 13.1. The van der Waals surface area contributed by atoms with E-state index >= 15 is 0 Å². The van der Waals surface area contributed by atoms with E-state index in [1.165, 1.54) is 76.4 Å². The zero-order valence-corrected chi connectivity index (χ0v) is 15.3. The summed E-state index contributed by atoms with van der Waals surface area (Å²) >= 11 is 0. The lowest BCUT2D eigenvalue weighted by Crippen LogP contribution is -2.45. The second-order valence-corrected chi connectivity index (χ2v) is 8.32. The third-order valence-electron chi connectivity index (χ3n) is 7.14. The second kappa shape index (κ2) is 7.47. The van der Waals surface area contributed by atoms with Crippen molar-refractivity contribution in [3.8, 4) is 5.75 Å². The maximum atomic E-state index is 5.59. The predicted molar refractivity (Wildman–Crippen MR) is 99.6 cm³/mol. The van der Waals surface area contributed by atoms with Crippen molar-refractivity contribution in [2.24, 2.45) is 11.8 Å². The van der Waals surface area contributed by atoms with Gasteiger partial charge in [0.25, 0.3) is 0 Å². The maximum Gasteiger partial charge on any atom is 0.122 e. The van der Waals surface area contributed by atoms with Crippen LogP contribution in [0.3, 0.4) is 0 Å². The number of para-hydroxylation sites is 1. The summed E-state index contributed by atoms with van der Waals surface area (Å²) in [6, 6.07) is 9.51. The van der Waals surface area contributed by atoms with E-state index in [2.05, 4.69) is 29.2 Å². The first-order valence-electron chi connectivity index (χ1n) is 10.2. The number of hydrogen-bond acceptors (Lipinski definition) is 2. The van der Waals surface area contributed by atoms with Crippen LogP contribution in [0.5, 0.6) is 5.75 Å². The molecule has 0 aromatic heterocycles. The van der Waals surface area contributed by atoms with Gasteiger partial charge in [-0.2, -0.15) is 0 Å². The van der Waals surface area contributed by atoms with Crippen LogP contribution in [0.1, 0.15) is 69.3 Å². The molecule has 0 bridgehead atoms. The molecule has 2 aliphatic carbocycles. The fourth-order valence-electron chi connectivity index (χ4n) is 5.76. The van der Waals surface area contributed by atoms with Gasteiger partial charge in [-0.3, -0.25) is 0 Å². The maximum absolute atomic E-state index is 5.59. The highest BCUT2D eigenvalue weighted by Gasteiger charge is 2.35. The molecule has 1 aromatic rings. The van der Waals surface area contributed by atoms with Crippen LogP contribution in [0.2, 0.25) is 0 Å². The molecule has 132 valence electrons. The molecule has 0 amide bonds. The van der Waals surface area contributed by atoms with E-state index in [9.17, 15) is 0 Å². The van der Waals surface area contributed by atoms with Crippen LogP contribution in [0.25, 0.3) is 0 Å². The first kappa shape index (κ1) is 16.4. The van der Waals surface area contributed by atoms with E-state index in [1.54, 1.807) is 7.11 Å². The molecular weight excluding hydrogens is 294 g/mol. The molecule has 2 saturated carbocycles. The Kier molecular flexibility index (Phi) is 5.12. The van der Waals surface area contributed by atoms with Crippen molar-refractivity contribution >= 4 is 0 Å². The molecule has 3 fully saturated rings. The average Bonchev–Trinajstić information content (AvgIpc) is 2.67. The lowest BCUT2D eigenvalue weighted by molar-refractivity contribution is 0.0588. The van der Waals surface area contributed by atoms with Crippen LogP contribution in [-0.2, 0) is 0 Å². The number of benzene rings is 1. The highest BCUT2D eigenvalue weighted by atomic mass is 16.5. The SMILES string of the molecule is COc1ccccc1C1CCN(C2CCC3CCCCC3C2)CC1. The lowest BCUT2D eigenvalue weighted by atomic mass is 9.69. The Morgan fingerprint density at radius 3 is 2.42 bits per heavy atom. The van der Waals surface area contributed by atoms with E-state index < -0.39 is 0 Å². The first-order chi connectivity index (χ1) is 11.8. The van der Waals surface area contributed by atoms with Crippen LogP contribution in [0.4, 0.5) is 0 Å². The van der Waals surface area contributed by atoms with Gasteiger partial charge in [0.1, 0.15) is 5.75 Å². The van der Waals surface area contributed by atoms with E-state index in [-0.39, 0.29) is 0 Å². The Hall–Kier alpha value is -1.02. The summed E-state index contributed by atoms with van der Waals surface area (Å²) in [5.74, 6) is 3.88. The minimum Gasteiger partial charge on any atom is -0.496 e. The van der Waals surface area contributed by atoms with E-state index in [4.69, 9.17) is 4.74 Å². The molecular formula is C22H33NO. The van der Waals surface area contributed by atoms with Crippen molar-refractivity contribution in [3.05, 3.63) is 29.8 Å². The summed E-state index contributed by atoms with van der Waals surface area (Å²) in [6.45, 7) is 2.57. The van der Waals surface area contributed by atoms with Gasteiger partial charge in [0.15, 0.2) is 0 Å². The zero-order valence-electron chi connectivity index (χ0n) is 15.3. The van der Waals surface area contributed by atoms with E-state index in [0.717, 1.165) is 23.6 Å². The number of piperidine rings is 1. The Morgan fingerprint density at radius 1 is 0.875 bits per heavy atom. The number of likely N-dealkylation sites (tertiary alicyclic amines) is 1. The minimum absolute atomic E-state index is 0.684. The topological polar surface area (TPSA) is 12.5 Å². The molecule has 3 atom stereocenters. The third kappa shape index (κ3) is 3.35. The van der Waals surface area contributed by atoms with Crippen LogP contribution < -0.4 is 4.74 Å². The fourth-order valence-corrected chi connectivity index (χ4v) is 5.76. The molecule has 3 unspecified atom stereocenters. The van der Waals surface area contributed by atoms with Gasteiger partial charge < -0.3 is 9.64 Å². The predicted octanol–water partition coefficient (Wildman–Crippen LogP) is 5.23. The van der Waals surface area contributed by atoms with Crippen molar-refractivity contribution in [3.63, 3.8) is 0 Å². The Morgan fingerprint density at radius 2 is 1.62 bits per heavy atom. The standard InChI is InChI=1S/C22H33NO/c1-24-22-9-5-4-8-21(22)18-12-14-23(15-13-18)20-11-10-17-6-2-3-7-19(17)16-20/h4-5,8-9,17-20H,2-3,6-7,10-16H2,1H3. The Balaban J connectivity index is 1.34. The fraction of sp³-hybridized carbons (Fsp3) is 0.727. The summed E-state index contributed by atoms with van der Waals surface area (Å²) in [4.78, 5) is 2.83. The average molecular weight is 328 g/mol. The Labute approximate surface area is 147 Å². The molecule has 1 aromatic carbocycles. The molecule has 0 radical (unpaired) electrons. The molecule has 1 aliphatic heterocycles. The number of fused-ring (bicyclic) bond motifs is 1. The molecule has 2 nitrogen and oxygen atoms in total. The number of hydrogen-bond donors (Lipinski definition) is 0. The number of ether oxygens (including phenoxy) is 1. The van der Waals surface area contributed by atoms with Gasteiger partial charge in [-0.05, 0) is 74.6 Å². The van der Waals surface area contributed by atoms with Crippen LogP contribution in [-0.4, -0.2) is 31.1 Å². The summed E-state index contributed by atoms with van der Waals surface area (Å²) < 4.78 is 5.59. The van der Waals surface area contributed by atoms with Crippen molar-refractivity contribution in [1.29, 1.82) is 0 Å². The normalized spacial score (nSPS) is 32.3. The van der Waals surface area contributed by atoms with Gasteiger partial charge in [-0.1, -0.05) is 43.9 Å². The van der Waals surface area contributed by atoms with Crippen molar-refractivity contribution < 1.29 is 4.74 Å². The molecule has 1 saturated heterocycles. The van der Waals surface area contributed by atoms with Gasteiger partial charge >= 0.3 is 0 Å². The minimum atomic E-state index is 0.684. The number of nitrogens with zero attached hydrogens (tertiary/aromatic N) is 1. The molecule has 2 heteroatoms. The van der Waals surface area contributed by atoms with Crippen molar-refractivity contribution in [1.82, 2.24) is 4.90 Å². The zero-order chi connectivity index (χ0) is 16.4.